The van der Waals surface area contributed by atoms with Crippen molar-refractivity contribution in [2.45, 2.75) is 25.4 Å². The summed E-state index contributed by atoms with van der Waals surface area (Å²) in [4.78, 5) is 33.5. The van der Waals surface area contributed by atoms with Crippen LogP contribution in [0.3, 0.4) is 0 Å². The molecule has 4 N–H and O–H groups in total. The summed E-state index contributed by atoms with van der Waals surface area (Å²) in [5.74, 6) is -2.14. The van der Waals surface area contributed by atoms with Crippen LogP contribution in [0.4, 0.5) is 0 Å². The van der Waals surface area contributed by atoms with Crippen molar-refractivity contribution in [1.82, 2.24) is 5.32 Å². The maximum Gasteiger partial charge on any atom is 0.333 e. The Morgan fingerprint density at radius 1 is 1.53 bits per heavy atom. The molecule has 0 aliphatic rings. The lowest BCUT2D eigenvalue weighted by Gasteiger charge is -2.15. The molecule has 1 amide bonds. The SMILES string of the molecule is C[C@H](NC(=O)[C@@H](N)CC(=O)O)C(=O)Oc1ccsc1. The van der Waals surface area contributed by atoms with E-state index in [0.717, 1.165) is 0 Å². The summed E-state index contributed by atoms with van der Waals surface area (Å²) in [6.45, 7) is 1.43. The molecule has 19 heavy (non-hydrogen) atoms. The molecule has 2 atom stereocenters. The molecule has 0 aromatic carbocycles. The third-order valence-electron chi connectivity index (χ3n) is 2.16. The maximum absolute atomic E-state index is 11.6. The van der Waals surface area contributed by atoms with Crippen LogP contribution in [0.1, 0.15) is 13.3 Å². The third-order valence-corrected chi connectivity index (χ3v) is 2.82. The van der Waals surface area contributed by atoms with Gasteiger partial charge in [-0.3, -0.25) is 9.59 Å². The van der Waals surface area contributed by atoms with Crippen LogP contribution in [0.15, 0.2) is 16.8 Å². The molecule has 104 valence electrons. The quantitative estimate of drug-likeness (QED) is 0.631. The van der Waals surface area contributed by atoms with E-state index in [9.17, 15) is 14.4 Å². The topological polar surface area (TPSA) is 119 Å². The first-order chi connectivity index (χ1) is 8.90. The number of hydrogen-bond acceptors (Lipinski definition) is 6. The highest BCUT2D eigenvalue weighted by Crippen LogP contribution is 2.15. The zero-order valence-electron chi connectivity index (χ0n) is 10.2. The van der Waals surface area contributed by atoms with Gasteiger partial charge in [-0.2, -0.15) is 0 Å². The summed E-state index contributed by atoms with van der Waals surface area (Å²) < 4.78 is 4.98. The van der Waals surface area contributed by atoms with Crippen molar-refractivity contribution in [2.24, 2.45) is 5.73 Å². The molecule has 0 fully saturated rings. The summed E-state index contributed by atoms with van der Waals surface area (Å²) in [5, 5.41) is 14.2. The second kappa shape index (κ2) is 6.86. The van der Waals surface area contributed by atoms with Gasteiger partial charge >= 0.3 is 11.9 Å². The Morgan fingerprint density at radius 2 is 2.21 bits per heavy atom. The van der Waals surface area contributed by atoms with E-state index >= 15 is 0 Å². The number of rotatable bonds is 6. The number of carboxylic acid groups (broad SMARTS) is 1. The zero-order chi connectivity index (χ0) is 14.4. The largest absolute Gasteiger partial charge is 0.481 e. The second-order valence-electron chi connectivity index (χ2n) is 3.81. The molecule has 8 heteroatoms. The molecule has 1 aromatic heterocycles. The molecule has 0 aliphatic heterocycles. The number of carbonyl (C=O) groups excluding carboxylic acids is 2. The number of hydrogen-bond donors (Lipinski definition) is 3. The Labute approximate surface area is 113 Å². The van der Waals surface area contributed by atoms with Gasteiger partial charge in [0.2, 0.25) is 5.91 Å². The van der Waals surface area contributed by atoms with Crippen LogP contribution in [-0.2, 0) is 14.4 Å². The van der Waals surface area contributed by atoms with Gasteiger partial charge in [0, 0.05) is 5.38 Å². The van der Waals surface area contributed by atoms with E-state index in [0.29, 0.717) is 5.75 Å². The first-order valence-corrected chi connectivity index (χ1v) is 6.36. The van der Waals surface area contributed by atoms with Gasteiger partial charge in [0.25, 0.3) is 0 Å². The van der Waals surface area contributed by atoms with Crippen LogP contribution < -0.4 is 15.8 Å². The van der Waals surface area contributed by atoms with Gasteiger partial charge in [0.15, 0.2) is 0 Å². The monoisotopic (exact) mass is 286 g/mol. The van der Waals surface area contributed by atoms with E-state index in [1.165, 1.54) is 18.3 Å². The molecule has 0 spiro atoms. The number of nitrogens with one attached hydrogen (secondary N) is 1. The Balaban J connectivity index is 2.45. The molecule has 0 radical (unpaired) electrons. The Hall–Kier alpha value is -1.93. The van der Waals surface area contributed by atoms with Gasteiger partial charge in [-0.1, -0.05) is 0 Å². The van der Waals surface area contributed by atoms with E-state index in [1.54, 1.807) is 16.8 Å². The van der Waals surface area contributed by atoms with Crippen molar-refractivity contribution in [1.29, 1.82) is 0 Å². The van der Waals surface area contributed by atoms with Crippen molar-refractivity contribution in [2.75, 3.05) is 0 Å². The van der Waals surface area contributed by atoms with Gasteiger partial charge in [0.05, 0.1) is 12.5 Å². The summed E-state index contributed by atoms with van der Waals surface area (Å²) in [6, 6.07) is -0.492. The van der Waals surface area contributed by atoms with Gasteiger partial charge in [-0.15, -0.1) is 11.3 Å². The highest BCUT2D eigenvalue weighted by atomic mass is 32.1. The van der Waals surface area contributed by atoms with Crippen molar-refractivity contribution < 1.29 is 24.2 Å². The number of carboxylic acids is 1. The Bertz CT molecular complexity index is 460. The average Bonchev–Trinajstić information content (AvgIpc) is 2.80. The molecule has 0 aliphatic carbocycles. The Morgan fingerprint density at radius 3 is 2.74 bits per heavy atom. The van der Waals surface area contributed by atoms with Gasteiger partial charge < -0.3 is 20.9 Å². The fourth-order valence-corrected chi connectivity index (χ4v) is 1.73. The van der Waals surface area contributed by atoms with Crippen LogP contribution in [0.2, 0.25) is 0 Å². The number of amides is 1. The zero-order valence-corrected chi connectivity index (χ0v) is 11.0. The van der Waals surface area contributed by atoms with Crippen LogP contribution in [0, 0.1) is 0 Å². The first-order valence-electron chi connectivity index (χ1n) is 5.41. The highest BCUT2D eigenvalue weighted by Gasteiger charge is 2.23. The summed E-state index contributed by atoms with van der Waals surface area (Å²) in [5.41, 5.74) is 5.36. The first kappa shape index (κ1) is 15.1. The van der Waals surface area contributed by atoms with Crippen molar-refractivity contribution >= 4 is 29.2 Å². The molecule has 0 bridgehead atoms. The van der Waals surface area contributed by atoms with Crippen molar-refractivity contribution in [3.63, 3.8) is 0 Å². The number of thiophene rings is 1. The predicted molar refractivity (Wildman–Crippen MR) is 67.8 cm³/mol. The van der Waals surface area contributed by atoms with E-state index in [4.69, 9.17) is 15.6 Å². The number of carbonyl (C=O) groups is 3. The van der Waals surface area contributed by atoms with Gasteiger partial charge in [-0.05, 0) is 18.4 Å². The number of aliphatic carboxylic acids is 1. The fraction of sp³-hybridized carbons (Fsp3) is 0.364. The third kappa shape index (κ3) is 5.06. The van der Waals surface area contributed by atoms with Crippen LogP contribution in [-0.4, -0.2) is 35.0 Å². The minimum absolute atomic E-state index is 0.394. The smallest absolute Gasteiger partial charge is 0.333 e. The summed E-state index contributed by atoms with van der Waals surface area (Å²) in [6.07, 6.45) is -0.502. The predicted octanol–water partition coefficient (Wildman–Crippen LogP) is -0.0398. The fourth-order valence-electron chi connectivity index (χ4n) is 1.17. The molecule has 0 saturated heterocycles. The standard InChI is InChI=1S/C11H14N2O5S/c1-6(11(17)18-7-2-3-19-5-7)13-10(16)8(12)4-9(14)15/h2-3,5-6,8H,4,12H2,1H3,(H,13,16)(H,14,15)/t6-,8-/m0/s1. The lowest BCUT2D eigenvalue weighted by atomic mass is 10.2. The molecular weight excluding hydrogens is 272 g/mol. The van der Waals surface area contributed by atoms with Crippen LogP contribution in [0.25, 0.3) is 0 Å². The Kier molecular flexibility index (Phi) is 5.46. The molecule has 0 unspecified atom stereocenters. The van der Waals surface area contributed by atoms with E-state index in [2.05, 4.69) is 5.32 Å². The van der Waals surface area contributed by atoms with Gasteiger partial charge in [-0.25, -0.2) is 4.79 Å². The molecule has 7 nitrogen and oxygen atoms in total. The lowest BCUT2D eigenvalue weighted by Crippen LogP contribution is -2.48. The maximum atomic E-state index is 11.6. The van der Waals surface area contributed by atoms with E-state index < -0.39 is 36.4 Å². The molecule has 1 heterocycles. The van der Waals surface area contributed by atoms with Gasteiger partial charge in [0.1, 0.15) is 11.8 Å². The normalized spacial score (nSPS) is 13.4. The van der Waals surface area contributed by atoms with Crippen LogP contribution >= 0.6 is 11.3 Å². The average molecular weight is 286 g/mol. The van der Waals surface area contributed by atoms with E-state index in [1.807, 2.05) is 0 Å². The summed E-state index contributed by atoms with van der Waals surface area (Å²) in [7, 11) is 0. The van der Waals surface area contributed by atoms with E-state index in [-0.39, 0.29) is 0 Å². The van der Waals surface area contributed by atoms with Crippen molar-refractivity contribution in [3.05, 3.63) is 16.8 Å². The number of ether oxygens (including phenoxy) is 1. The minimum Gasteiger partial charge on any atom is -0.481 e. The highest BCUT2D eigenvalue weighted by molar-refractivity contribution is 7.08. The number of nitrogens with two attached hydrogens (primary N) is 1. The lowest BCUT2D eigenvalue weighted by molar-refractivity contribution is -0.140. The van der Waals surface area contributed by atoms with Crippen molar-refractivity contribution in [3.8, 4) is 5.75 Å². The minimum atomic E-state index is -1.20. The molecular formula is C11H14N2O5S. The molecule has 1 aromatic rings. The summed E-state index contributed by atoms with van der Waals surface area (Å²) >= 11 is 1.37. The number of esters is 1. The van der Waals surface area contributed by atoms with Crippen LogP contribution in [0.5, 0.6) is 5.75 Å². The second-order valence-corrected chi connectivity index (χ2v) is 4.59. The molecule has 1 rings (SSSR count). The molecule has 0 saturated carbocycles.